The van der Waals surface area contributed by atoms with Gasteiger partial charge in [-0.25, -0.2) is 13.2 Å². The Morgan fingerprint density at radius 1 is 0.870 bits per heavy atom. The van der Waals surface area contributed by atoms with Gasteiger partial charge in [-0.05, 0) is 77.4 Å². The number of alkyl halides is 6. The molecule has 0 bridgehead atoms. The molecule has 2 atom stereocenters. The van der Waals surface area contributed by atoms with Crippen molar-refractivity contribution in [1.82, 2.24) is 4.90 Å². The van der Waals surface area contributed by atoms with Crippen molar-refractivity contribution in [2.45, 2.75) is 60.1 Å². The summed E-state index contributed by atoms with van der Waals surface area (Å²) < 4.78 is 109. The van der Waals surface area contributed by atoms with Crippen LogP contribution in [-0.2, 0) is 25.8 Å². The van der Waals surface area contributed by atoms with Gasteiger partial charge in [0.25, 0.3) is 11.5 Å². The quantitative estimate of drug-likeness (QED) is 0.163. The van der Waals surface area contributed by atoms with E-state index in [2.05, 4.69) is 11.4 Å². The molecule has 0 radical (unpaired) electrons. The highest BCUT2D eigenvalue weighted by atomic mass is 32.2. The van der Waals surface area contributed by atoms with Crippen molar-refractivity contribution < 1.29 is 54.6 Å². The zero-order chi connectivity index (χ0) is 39.2. The molecule has 54 heavy (non-hydrogen) atoms. The van der Waals surface area contributed by atoms with Crippen LogP contribution in [0.2, 0.25) is 0 Å². The van der Waals surface area contributed by atoms with Crippen molar-refractivity contribution in [1.29, 1.82) is 5.26 Å². The number of carbonyl (C=O) groups is 2. The fraction of sp³-hybridized carbons (Fsp3) is 0.289. The maximum Gasteiger partial charge on any atom is 0.430 e. The van der Waals surface area contributed by atoms with E-state index in [-0.39, 0.29) is 21.7 Å². The predicted octanol–water partition coefficient (Wildman–Crippen LogP) is 7.78. The summed E-state index contributed by atoms with van der Waals surface area (Å²) in [4.78, 5) is 28.5. The third kappa shape index (κ3) is 5.43. The Morgan fingerprint density at radius 2 is 1.41 bits per heavy atom. The van der Waals surface area contributed by atoms with E-state index in [1.807, 2.05) is 12.1 Å². The first-order valence-corrected chi connectivity index (χ1v) is 18.1. The number of sulfone groups is 1. The van der Waals surface area contributed by atoms with Crippen LogP contribution in [0.3, 0.4) is 0 Å². The first kappa shape index (κ1) is 36.9. The Kier molecular flexibility index (Phi) is 8.25. The minimum Gasteiger partial charge on any atom is -0.465 e. The summed E-state index contributed by atoms with van der Waals surface area (Å²) in [7, 11) is -4.11. The smallest absolute Gasteiger partial charge is 0.430 e. The van der Waals surface area contributed by atoms with Gasteiger partial charge >= 0.3 is 18.4 Å². The molecule has 7 rings (SSSR count). The van der Waals surface area contributed by atoms with Crippen LogP contribution >= 0.6 is 0 Å². The van der Waals surface area contributed by atoms with Crippen molar-refractivity contribution in [3.05, 3.63) is 119 Å². The van der Waals surface area contributed by atoms with E-state index < -0.39 is 74.0 Å². The minimum atomic E-state index is -6.15. The van der Waals surface area contributed by atoms with Gasteiger partial charge in [0.1, 0.15) is 5.54 Å². The Hall–Kier alpha value is -5.40. The van der Waals surface area contributed by atoms with Crippen LogP contribution in [-0.4, -0.2) is 53.6 Å². The zero-order valence-corrected chi connectivity index (χ0v) is 28.9. The van der Waals surface area contributed by atoms with E-state index in [1.165, 1.54) is 25.1 Å². The van der Waals surface area contributed by atoms with Gasteiger partial charge < -0.3 is 15.5 Å². The van der Waals surface area contributed by atoms with Gasteiger partial charge in [0, 0.05) is 17.2 Å². The lowest BCUT2D eigenvalue weighted by Gasteiger charge is -2.38. The lowest BCUT2D eigenvalue weighted by Crippen LogP contribution is -2.54. The number of hydrogen-bond acceptors (Lipinski definition) is 6. The Balaban J connectivity index is 1.36. The van der Waals surface area contributed by atoms with Gasteiger partial charge in [0.05, 0.1) is 28.2 Å². The van der Waals surface area contributed by atoms with E-state index in [9.17, 15) is 59.8 Å². The molecule has 0 spiro atoms. The molecule has 0 aromatic heterocycles. The van der Waals surface area contributed by atoms with E-state index in [0.717, 1.165) is 16.0 Å². The van der Waals surface area contributed by atoms with Crippen molar-refractivity contribution in [2.24, 2.45) is 5.41 Å². The highest BCUT2D eigenvalue weighted by molar-refractivity contribution is 7.91. The Morgan fingerprint density at radius 3 is 1.89 bits per heavy atom. The normalized spacial score (nSPS) is 20.4. The third-order valence-electron chi connectivity index (χ3n) is 10.8. The molecule has 3 N–H and O–H groups in total. The SMILES string of the molecule is CC1(C(=O)Nc2ccc(C(O)(C(F)(F)F)C(F)(F)F)cc2)c2ccc(S(=O)(=O)CC3(C#N)CC3)cc2C(C2c3ccccc3-c3ccccc32)N1C(=O)O. The minimum absolute atomic E-state index is 0.0785. The molecule has 16 heteroatoms. The molecule has 1 heterocycles. The van der Waals surface area contributed by atoms with E-state index in [4.69, 9.17) is 0 Å². The average Bonchev–Trinajstić information content (AvgIpc) is 3.72. The number of fused-ring (bicyclic) bond motifs is 4. The van der Waals surface area contributed by atoms with Crippen molar-refractivity contribution >= 4 is 27.5 Å². The predicted molar refractivity (Wildman–Crippen MR) is 181 cm³/mol. The third-order valence-corrected chi connectivity index (χ3v) is 12.7. The van der Waals surface area contributed by atoms with Crippen LogP contribution in [0.4, 0.5) is 36.8 Å². The van der Waals surface area contributed by atoms with E-state index in [1.54, 1.807) is 36.4 Å². The lowest BCUT2D eigenvalue weighted by atomic mass is 9.85. The Labute approximate surface area is 304 Å². The van der Waals surface area contributed by atoms with Crippen LogP contribution < -0.4 is 5.32 Å². The van der Waals surface area contributed by atoms with Crippen molar-refractivity contribution in [3.8, 4) is 17.2 Å². The molecule has 4 aromatic carbocycles. The van der Waals surface area contributed by atoms with Crippen LogP contribution in [0.25, 0.3) is 11.1 Å². The molecule has 3 aliphatic rings. The summed E-state index contributed by atoms with van der Waals surface area (Å²) in [6.07, 6.45) is -13.1. The van der Waals surface area contributed by atoms with Gasteiger partial charge in [0.15, 0.2) is 9.84 Å². The second kappa shape index (κ2) is 12.1. The van der Waals surface area contributed by atoms with Gasteiger partial charge in [-0.1, -0.05) is 66.7 Å². The molecule has 4 aromatic rings. The molecule has 2 aliphatic carbocycles. The summed E-state index contributed by atoms with van der Waals surface area (Å²) in [5, 5.41) is 32.8. The van der Waals surface area contributed by atoms with Gasteiger partial charge in [-0.3, -0.25) is 9.69 Å². The number of nitrogens with one attached hydrogen (secondary N) is 1. The second-order valence-corrected chi connectivity index (χ2v) is 15.9. The molecular formula is C38H29F6N3O6S. The molecule has 1 fully saturated rings. The monoisotopic (exact) mass is 769 g/mol. The van der Waals surface area contributed by atoms with Gasteiger partial charge in [-0.2, -0.15) is 31.6 Å². The summed E-state index contributed by atoms with van der Waals surface area (Å²) in [6, 6.07) is 21.2. The van der Waals surface area contributed by atoms with Crippen LogP contribution in [0.5, 0.6) is 0 Å². The van der Waals surface area contributed by atoms with E-state index in [0.29, 0.717) is 48.2 Å². The molecular weight excluding hydrogens is 740 g/mol. The molecule has 2 unspecified atom stereocenters. The summed E-state index contributed by atoms with van der Waals surface area (Å²) in [5.41, 5.74) is -7.10. The fourth-order valence-corrected chi connectivity index (χ4v) is 9.63. The topological polar surface area (TPSA) is 148 Å². The highest BCUT2D eigenvalue weighted by Gasteiger charge is 2.71. The molecule has 1 aliphatic heterocycles. The standard InChI is InChI=1S/C38H29F6N3O6S/c1-34(32(48)46-22-12-10-21(11-13-22)36(51,37(39,40)41)38(42,43)44)29-15-14-23(54(52,53)20-35(19-45)16-17-35)18-28(29)31(47(34)33(49)50)30-26-8-4-2-6-24(26)25-7-3-5-9-27(25)30/h2-15,18,30-31,51H,16-17,20H2,1H3,(H,46,48)(H,49,50). The summed E-state index contributed by atoms with van der Waals surface area (Å²) in [5.74, 6) is -2.29. The molecule has 1 saturated carbocycles. The molecule has 0 saturated heterocycles. The number of benzene rings is 4. The molecule has 2 amide bonds. The number of nitriles is 1. The number of anilines is 1. The first-order chi connectivity index (χ1) is 25.2. The lowest BCUT2D eigenvalue weighted by molar-refractivity contribution is -0.376. The van der Waals surface area contributed by atoms with Crippen molar-refractivity contribution in [2.75, 3.05) is 11.1 Å². The molecule has 9 nitrogen and oxygen atoms in total. The van der Waals surface area contributed by atoms with Gasteiger partial charge in [0.2, 0.25) is 0 Å². The molecule has 280 valence electrons. The van der Waals surface area contributed by atoms with Crippen LogP contribution in [0, 0.1) is 16.7 Å². The number of carboxylic acid groups (broad SMARTS) is 1. The number of aliphatic hydroxyl groups is 1. The summed E-state index contributed by atoms with van der Waals surface area (Å²) in [6.45, 7) is 1.27. The number of nitrogens with zero attached hydrogens (tertiary/aromatic N) is 2. The zero-order valence-electron chi connectivity index (χ0n) is 28.0. The Bertz CT molecular complexity index is 2310. The summed E-state index contributed by atoms with van der Waals surface area (Å²) >= 11 is 0. The number of amides is 2. The van der Waals surface area contributed by atoms with Crippen LogP contribution in [0.1, 0.15) is 59.5 Å². The van der Waals surface area contributed by atoms with E-state index >= 15 is 0 Å². The number of carbonyl (C=O) groups excluding carboxylic acids is 1. The second-order valence-electron chi connectivity index (χ2n) is 14.0. The number of hydrogen-bond donors (Lipinski definition) is 3. The van der Waals surface area contributed by atoms with Crippen LogP contribution in [0.15, 0.2) is 95.9 Å². The average molecular weight is 770 g/mol. The van der Waals surface area contributed by atoms with Gasteiger partial charge in [-0.15, -0.1) is 0 Å². The maximum atomic E-state index is 14.4. The largest absolute Gasteiger partial charge is 0.465 e. The first-order valence-electron chi connectivity index (χ1n) is 16.5. The fourth-order valence-electron chi connectivity index (χ4n) is 7.80. The number of halogens is 6. The highest BCUT2D eigenvalue weighted by Crippen LogP contribution is 2.59. The van der Waals surface area contributed by atoms with Crippen molar-refractivity contribution in [3.63, 3.8) is 0 Å². The maximum absolute atomic E-state index is 14.4. The number of rotatable bonds is 7.